The quantitative estimate of drug-likeness (QED) is 0.835. The normalized spacial score (nSPS) is 31.6. The minimum Gasteiger partial charge on any atom is -0.311 e. The van der Waals surface area contributed by atoms with Crippen LogP contribution >= 0.6 is 0 Å². The molecule has 0 radical (unpaired) electrons. The molecule has 0 aromatic rings. The summed E-state index contributed by atoms with van der Waals surface area (Å²) in [7, 11) is 0. The zero-order valence-electron chi connectivity index (χ0n) is 15.3. The molecule has 2 rings (SSSR count). The van der Waals surface area contributed by atoms with Gasteiger partial charge >= 0.3 is 0 Å². The van der Waals surface area contributed by atoms with Gasteiger partial charge in [0.05, 0.1) is 0 Å². The second-order valence-electron chi connectivity index (χ2n) is 9.44. The molecule has 0 spiro atoms. The van der Waals surface area contributed by atoms with Crippen molar-refractivity contribution in [1.29, 1.82) is 0 Å². The fraction of sp³-hybridized carbons (Fsp3) is 1.00. The summed E-state index contributed by atoms with van der Waals surface area (Å²) >= 11 is 0. The van der Waals surface area contributed by atoms with Gasteiger partial charge < -0.3 is 5.32 Å². The Kier molecular flexibility index (Phi) is 5.41. The summed E-state index contributed by atoms with van der Waals surface area (Å²) in [6, 6.07) is 1.34. The predicted octanol–water partition coefficient (Wildman–Crippen LogP) is 4.30. The molecule has 2 aliphatic rings. The van der Waals surface area contributed by atoms with E-state index in [1.165, 1.54) is 45.2 Å². The van der Waals surface area contributed by atoms with Gasteiger partial charge in [0.2, 0.25) is 0 Å². The lowest BCUT2D eigenvalue weighted by Gasteiger charge is -2.50. The van der Waals surface area contributed by atoms with Crippen molar-refractivity contribution in [2.45, 2.75) is 85.7 Å². The molecule has 0 amide bonds. The first-order chi connectivity index (χ1) is 9.71. The second kappa shape index (κ2) is 6.58. The lowest BCUT2D eigenvalue weighted by atomic mass is 9.74. The first kappa shape index (κ1) is 17.3. The maximum absolute atomic E-state index is 3.83. The molecule has 1 saturated carbocycles. The SMILES string of the molecule is CC(C)C1CNC(C(C)(C)C)CN1CC1(C)CCCCC1. The molecule has 1 heterocycles. The summed E-state index contributed by atoms with van der Waals surface area (Å²) in [4.78, 5) is 2.84. The van der Waals surface area contributed by atoms with E-state index in [4.69, 9.17) is 0 Å². The van der Waals surface area contributed by atoms with Gasteiger partial charge in [-0.3, -0.25) is 4.90 Å². The van der Waals surface area contributed by atoms with Gasteiger partial charge in [-0.1, -0.05) is 60.8 Å². The highest BCUT2D eigenvalue weighted by Crippen LogP contribution is 2.38. The smallest absolute Gasteiger partial charge is 0.0244 e. The van der Waals surface area contributed by atoms with Crippen LogP contribution in [-0.2, 0) is 0 Å². The summed E-state index contributed by atoms with van der Waals surface area (Å²) in [6.45, 7) is 18.1. The van der Waals surface area contributed by atoms with Crippen LogP contribution in [0.1, 0.15) is 73.6 Å². The fourth-order valence-electron chi connectivity index (χ4n) is 4.30. The first-order valence-electron chi connectivity index (χ1n) is 9.19. The van der Waals surface area contributed by atoms with E-state index < -0.39 is 0 Å². The van der Waals surface area contributed by atoms with Gasteiger partial charge in [0, 0.05) is 31.7 Å². The fourth-order valence-corrected chi connectivity index (χ4v) is 4.30. The first-order valence-corrected chi connectivity index (χ1v) is 9.19. The zero-order chi connectivity index (χ0) is 15.7. The third-order valence-electron chi connectivity index (χ3n) is 5.92. The third kappa shape index (κ3) is 4.45. The van der Waals surface area contributed by atoms with Crippen molar-refractivity contribution in [3.8, 4) is 0 Å². The second-order valence-corrected chi connectivity index (χ2v) is 9.44. The molecule has 0 aromatic heterocycles. The number of hydrogen-bond acceptors (Lipinski definition) is 2. The molecule has 124 valence electrons. The van der Waals surface area contributed by atoms with Crippen molar-refractivity contribution in [2.24, 2.45) is 16.7 Å². The third-order valence-corrected chi connectivity index (χ3v) is 5.92. The Bertz CT molecular complexity index is 323. The summed E-state index contributed by atoms with van der Waals surface area (Å²) in [5, 5.41) is 3.83. The molecule has 1 saturated heterocycles. The van der Waals surface area contributed by atoms with E-state index in [9.17, 15) is 0 Å². The highest BCUT2D eigenvalue weighted by Gasteiger charge is 2.38. The van der Waals surface area contributed by atoms with Crippen molar-refractivity contribution >= 4 is 0 Å². The Labute approximate surface area is 133 Å². The van der Waals surface area contributed by atoms with Crippen LogP contribution in [0.3, 0.4) is 0 Å². The summed E-state index contributed by atoms with van der Waals surface area (Å²) in [6.07, 6.45) is 7.20. The van der Waals surface area contributed by atoms with Crippen molar-refractivity contribution in [3.63, 3.8) is 0 Å². The molecular weight excluding hydrogens is 256 g/mol. The van der Waals surface area contributed by atoms with E-state index in [-0.39, 0.29) is 0 Å². The molecule has 0 bridgehead atoms. The molecule has 2 atom stereocenters. The van der Waals surface area contributed by atoms with Crippen LogP contribution in [0.4, 0.5) is 0 Å². The van der Waals surface area contributed by atoms with Gasteiger partial charge in [-0.2, -0.15) is 0 Å². The van der Waals surface area contributed by atoms with Gasteiger partial charge in [0.1, 0.15) is 0 Å². The van der Waals surface area contributed by atoms with E-state index in [1.54, 1.807) is 0 Å². The van der Waals surface area contributed by atoms with Crippen LogP contribution in [0.5, 0.6) is 0 Å². The minimum atomic E-state index is 0.355. The van der Waals surface area contributed by atoms with Crippen molar-refractivity contribution in [3.05, 3.63) is 0 Å². The molecule has 1 aliphatic carbocycles. The topological polar surface area (TPSA) is 15.3 Å². The molecule has 2 fully saturated rings. The van der Waals surface area contributed by atoms with Gasteiger partial charge in [0.25, 0.3) is 0 Å². The maximum atomic E-state index is 3.83. The van der Waals surface area contributed by atoms with Crippen LogP contribution < -0.4 is 5.32 Å². The van der Waals surface area contributed by atoms with E-state index in [1.807, 2.05) is 0 Å². The minimum absolute atomic E-state index is 0.355. The van der Waals surface area contributed by atoms with Gasteiger partial charge in [0.15, 0.2) is 0 Å². The summed E-state index contributed by atoms with van der Waals surface area (Å²) in [5.41, 5.74) is 0.916. The number of hydrogen-bond donors (Lipinski definition) is 1. The van der Waals surface area contributed by atoms with E-state index in [0.29, 0.717) is 22.9 Å². The van der Waals surface area contributed by atoms with Crippen LogP contribution in [0, 0.1) is 16.7 Å². The maximum Gasteiger partial charge on any atom is 0.0244 e. The lowest BCUT2D eigenvalue weighted by Crippen LogP contribution is -2.63. The van der Waals surface area contributed by atoms with Gasteiger partial charge in [-0.15, -0.1) is 0 Å². The number of piperazine rings is 1. The van der Waals surface area contributed by atoms with E-state index in [2.05, 4.69) is 51.8 Å². The largest absolute Gasteiger partial charge is 0.311 e. The molecule has 2 unspecified atom stereocenters. The highest BCUT2D eigenvalue weighted by molar-refractivity contribution is 4.95. The Morgan fingerprint density at radius 1 is 1.14 bits per heavy atom. The summed E-state index contributed by atoms with van der Waals surface area (Å²) in [5.74, 6) is 0.741. The molecule has 1 aliphatic heterocycles. The van der Waals surface area contributed by atoms with E-state index >= 15 is 0 Å². The number of rotatable bonds is 3. The van der Waals surface area contributed by atoms with Crippen molar-refractivity contribution in [2.75, 3.05) is 19.6 Å². The molecule has 21 heavy (non-hydrogen) atoms. The lowest BCUT2D eigenvalue weighted by molar-refractivity contribution is 0.0197. The van der Waals surface area contributed by atoms with Crippen LogP contribution in [0.25, 0.3) is 0 Å². The Hall–Kier alpha value is -0.0800. The number of nitrogens with one attached hydrogen (secondary N) is 1. The van der Waals surface area contributed by atoms with Crippen molar-refractivity contribution in [1.82, 2.24) is 10.2 Å². The van der Waals surface area contributed by atoms with Crippen LogP contribution in [0.15, 0.2) is 0 Å². The average molecular weight is 295 g/mol. The molecule has 1 N–H and O–H groups in total. The molecular formula is C19H38N2. The Morgan fingerprint density at radius 2 is 1.76 bits per heavy atom. The average Bonchev–Trinajstić information content (AvgIpc) is 2.37. The van der Waals surface area contributed by atoms with Crippen LogP contribution in [-0.4, -0.2) is 36.6 Å². The molecule has 2 heteroatoms. The number of nitrogens with zero attached hydrogens (tertiary/aromatic N) is 1. The van der Waals surface area contributed by atoms with Gasteiger partial charge in [-0.05, 0) is 29.6 Å². The standard InChI is InChI=1S/C19H38N2/c1-15(2)16-12-20-17(18(3,4)5)13-21(16)14-19(6)10-8-7-9-11-19/h15-17,20H,7-14H2,1-6H3. The van der Waals surface area contributed by atoms with Crippen LogP contribution in [0.2, 0.25) is 0 Å². The Morgan fingerprint density at radius 3 is 2.29 bits per heavy atom. The van der Waals surface area contributed by atoms with E-state index in [0.717, 1.165) is 12.5 Å². The van der Waals surface area contributed by atoms with Crippen molar-refractivity contribution < 1.29 is 0 Å². The predicted molar refractivity (Wildman–Crippen MR) is 92.6 cm³/mol. The molecule has 2 nitrogen and oxygen atoms in total. The molecule has 0 aromatic carbocycles. The summed E-state index contributed by atoms with van der Waals surface area (Å²) < 4.78 is 0. The highest BCUT2D eigenvalue weighted by atomic mass is 15.2. The zero-order valence-corrected chi connectivity index (χ0v) is 15.3. The Balaban J connectivity index is 2.06. The van der Waals surface area contributed by atoms with Gasteiger partial charge in [-0.25, -0.2) is 0 Å². The monoisotopic (exact) mass is 294 g/mol.